The molecule has 0 aliphatic carbocycles. The number of anilines is 1. The highest BCUT2D eigenvalue weighted by atomic mass is 16.5. The van der Waals surface area contributed by atoms with Crippen LogP contribution in [0.4, 0.5) is 5.69 Å². The van der Waals surface area contributed by atoms with Gasteiger partial charge in [0, 0.05) is 43.5 Å². The van der Waals surface area contributed by atoms with Crippen molar-refractivity contribution in [2.45, 2.75) is 19.8 Å². The molecule has 1 amide bonds. The third kappa shape index (κ3) is 3.74. The van der Waals surface area contributed by atoms with Gasteiger partial charge in [0.15, 0.2) is 0 Å². The van der Waals surface area contributed by atoms with E-state index in [9.17, 15) is 4.79 Å². The number of hydrogen-bond donors (Lipinski definition) is 1. The molecule has 0 fully saturated rings. The molecule has 3 aromatic heterocycles. The second-order valence-electron chi connectivity index (χ2n) is 7.00. The van der Waals surface area contributed by atoms with Crippen LogP contribution in [0.5, 0.6) is 5.75 Å². The molecule has 0 bridgehead atoms. The molecule has 0 saturated carbocycles. The first-order valence-electron chi connectivity index (χ1n) is 9.82. The number of carbonyl (C=O) groups is 1. The van der Waals surface area contributed by atoms with Crippen LogP contribution in [0.3, 0.4) is 0 Å². The van der Waals surface area contributed by atoms with Crippen LogP contribution in [0.1, 0.15) is 19.8 Å². The maximum absolute atomic E-state index is 12.2. The van der Waals surface area contributed by atoms with Gasteiger partial charge in [-0.05, 0) is 47.9 Å². The number of pyridine rings is 2. The fourth-order valence-corrected chi connectivity index (χ4v) is 3.49. The number of aromatic nitrogens is 4. The van der Waals surface area contributed by atoms with E-state index in [1.165, 1.54) is 0 Å². The minimum absolute atomic E-state index is 0.0416. The lowest BCUT2D eigenvalue weighted by atomic mass is 9.99. The maximum atomic E-state index is 12.2. The number of nitrogens with zero attached hydrogens (tertiary/aromatic N) is 4. The summed E-state index contributed by atoms with van der Waals surface area (Å²) >= 11 is 0. The van der Waals surface area contributed by atoms with E-state index < -0.39 is 0 Å². The van der Waals surface area contributed by atoms with Gasteiger partial charge in [-0.25, -0.2) is 4.98 Å². The van der Waals surface area contributed by atoms with Crippen molar-refractivity contribution in [2.24, 2.45) is 7.05 Å². The van der Waals surface area contributed by atoms with Gasteiger partial charge in [-0.15, -0.1) is 0 Å². The minimum Gasteiger partial charge on any atom is -0.494 e. The largest absolute Gasteiger partial charge is 0.494 e. The van der Waals surface area contributed by atoms with E-state index in [-0.39, 0.29) is 5.91 Å². The van der Waals surface area contributed by atoms with Crippen molar-refractivity contribution < 1.29 is 9.53 Å². The van der Waals surface area contributed by atoms with E-state index in [1.807, 2.05) is 50.4 Å². The Morgan fingerprint density at radius 1 is 1.13 bits per heavy atom. The SMILES string of the molecule is CCCC(=O)Nc1cc2c(-c3ccncc3)cc(-c3ccnn3C)nc2cc1OC. The Balaban J connectivity index is 1.96. The van der Waals surface area contributed by atoms with Gasteiger partial charge in [-0.1, -0.05) is 6.92 Å². The zero-order valence-electron chi connectivity index (χ0n) is 17.2. The van der Waals surface area contributed by atoms with Crippen LogP contribution in [-0.4, -0.2) is 32.8 Å². The summed E-state index contributed by atoms with van der Waals surface area (Å²) in [6.45, 7) is 1.97. The number of hydrogen-bond acceptors (Lipinski definition) is 5. The Kier molecular flexibility index (Phi) is 5.43. The van der Waals surface area contributed by atoms with Gasteiger partial charge >= 0.3 is 0 Å². The molecule has 4 rings (SSSR count). The number of nitrogens with one attached hydrogen (secondary N) is 1. The maximum Gasteiger partial charge on any atom is 0.224 e. The molecule has 3 heterocycles. The monoisotopic (exact) mass is 401 g/mol. The molecule has 0 aliphatic heterocycles. The van der Waals surface area contributed by atoms with Gasteiger partial charge in [-0.2, -0.15) is 5.10 Å². The first-order valence-corrected chi connectivity index (χ1v) is 9.82. The molecule has 30 heavy (non-hydrogen) atoms. The molecular formula is C23H23N5O2. The summed E-state index contributed by atoms with van der Waals surface area (Å²) in [5.74, 6) is 0.530. The van der Waals surface area contributed by atoms with Crippen LogP contribution in [0.15, 0.2) is 55.0 Å². The number of carbonyl (C=O) groups excluding carboxylic acids is 1. The number of methoxy groups -OCH3 is 1. The lowest BCUT2D eigenvalue weighted by Gasteiger charge is -2.15. The number of benzene rings is 1. The van der Waals surface area contributed by atoms with Crippen molar-refractivity contribution in [2.75, 3.05) is 12.4 Å². The standard InChI is InChI=1S/C23H23N5O2/c1-4-5-23(29)27-20-13-17-16(15-6-9-24-10-7-15)12-19(21-8-11-25-28(21)2)26-18(17)14-22(20)30-3/h6-14H,4-5H2,1-3H3,(H,27,29). The van der Waals surface area contributed by atoms with Crippen LogP contribution >= 0.6 is 0 Å². The average molecular weight is 401 g/mol. The van der Waals surface area contributed by atoms with Crippen molar-refractivity contribution in [1.29, 1.82) is 0 Å². The molecule has 152 valence electrons. The third-order valence-corrected chi connectivity index (χ3v) is 4.96. The van der Waals surface area contributed by atoms with Crippen LogP contribution in [0.25, 0.3) is 33.4 Å². The highest BCUT2D eigenvalue weighted by Crippen LogP contribution is 2.37. The molecule has 7 nitrogen and oxygen atoms in total. The fourth-order valence-electron chi connectivity index (χ4n) is 3.49. The summed E-state index contributed by atoms with van der Waals surface area (Å²) in [4.78, 5) is 21.2. The van der Waals surface area contributed by atoms with E-state index in [0.717, 1.165) is 39.8 Å². The molecule has 0 radical (unpaired) electrons. The Morgan fingerprint density at radius 3 is 2.60 bits per heavy atom. The summed E-state index contributed by atoms with van der Waals surface area (Å²) in [7, 11) is 3.48. The highest BCUT2D eigenvalue weighted by molar-refractivity contribution is 6.02. The summed E-state index contributed by atoms with van der Waals surface area (Å²) in [6, 6.07) is 11.7. The second kappa shape index (κ2) is 8.32. The lowest BCUT2D eigenvalue weighted by molar-refractivity contribution is -0.116. The topological polar surface area (TPSA) is 81.9 Å². The minimum atomic E-state index is -0.0416. The van der Waals surface area contributed by atoms with E-state index in [1.54, 1.807) is 30.4 Å². The summed E-state index contributed by atoms with van der Waals surface area (Å²) < 4.78 is 7.34. The summed E-state index contributed by atoms with van der Waals surface area (Å²) in [6.07, 6.45) is 6.51. The number of fused-ring (bicyclic) bond motifs is 1. The van der Waals surface area contributed by atoms with Crippen LogP contribution < -0.4 is 10.1 Å². The van der Waals surface area contributed by atoms with Crippen molar-refractivity contribution in [3.8, 4) is 28.3 Å². The molecule has 0 aliphatic rings. The summed E-state index contributed by atoms with van der Waals surface area (Å²) in [5.41, 5.74) is 5.12. The highest BCUT2D eigenvalue weighted by Gasteiger charge is 2.16. The van der Waals surface area contributed by atoms with Gasteiger partial charge in [0.2, 0.25) is 5.91 Å². The molecule has 1 N–H and O–H groups in total. The molecule has 0 unspecified atom stereocenters. The molecule has 7 heteroatoms. The van der Waals surface area contributed by atoms with E-state index in [0.29, 0.717) is 17.9 Å². The van der Waals surface area contributed by atoms with Crippen LogP contribution in [0.2, 0.25) is 0 Å². The predicted octanol–water partition coefficient (Wildman–Crippen LogP) is 4.44. The molecule has 0 spiro atoms. The zero-order chi connectivity index (χ0) is 21.1. The number of amides is 1. The van der Waals surface area contributed by atoms with Crippen LogP contribution in [-0.2, 0) is 11.8 Å². The molecule has 1 aromatic carbocycles. The smallest absolute Gasteiger partial charge is 0.224 e. The second-order valence-corrected chi connectivity index (χ2v) is 7.00. The van der Waals surface area contributed by atoms with Gasteiger partial charge < -0.3 is 10.1 Å². The fraction of sp³-hybridized carbons (Fsp3) is 0.217. The molecule has 4 aromatic rings. The summed E-state index contributed by atoms with van der Waals surface area (Å²) in [5, 5.41) is 8.15. The molecular weight excluding hydrogens is 378 g/mol. The van der Waals surface area contributed by atoms with Gasteiger partial charge in [0.1, 0.15) is 5.75 Å². The lowest BCUT2D eigenvalue weighted by Crippen LogP contribution is -2.11. The van der Waals surface area contributed by atoms with Crippen molar-refractivity contribution in [3.63, 3.8) is 0 Å². The zero-order valence-corrected chi connectivity index (χ0v) is 17.2. The van der Waals surface area contributed by atoms with Gasteiger partial charge in [0.05, 0.1) is 29.7 Å². The number of ether oxygens (including phenoxy) is 1. The first-order chi connectivity index (χ1) is 14.6. The van der Waals surface area contributed by atoms with Crippen molar-refractivity contribution in [1.82, 2.24) is 19.7 Å². The number of rotatable bonds is 6. The van der Waals surface area contributed by atoms with Crippen molar-refractivity contribution in [3.05, 3.63) is 55.0 Å². The molecule has 0 atom stereocenters. The Morgan fingerprint density at radius 2 is 1.93 bits per heavy atom. The predicted molar refractivity (Wildman–Crippen MR) is 117 cm³/mol. The number of aryl methyl sites for hydroxylation is 1. The third-order valence-electron chi connectivity index (χ3n) is 4.96. The van der Waals surface area contributed by atoms with E-state index in [2.05, 4.69) is 15.4 Å². The Labute approximate surface area is 174 Å². The van der Waals surface area contributed by atoms with E-state index >= 15 is 0 Å². The van der Waals surface area contributed by atoms with Crippen LogP contribution in [0, 0.1) is 0 Å². The quantitative estimate of drug-likeness (QED) is 0.516. The first kappa shape index (κ1) is 19.6. The van der Waals surface area contributed by atoms with E-state index in [4.69, 9.17) is 9.72 Å². The average Bonchev–Trinajstić information content (AvgIpc) is 3.19. The Bertz CT molecular complexity index is 1200. The normalized spacial score (nSPS) is 10.9. The molecule has 0 saturated heterocycles. The Hall–Kier alpha value is -3.74. The van der Waals surface area contributed by atoms with Gasteiger partial charge in [-0.3, -0.25) is 14.5 Å². The van der Waals surface area contributed by atoms with Crippen molar-refractivity contribution >= 4 is 22.5 Å². The van der Waals surface area contributed by atoms with Gasteiger partial charge in [0.25, 0.3) is 0 Å².